The van der Waals surface area contributed by atoms with Crippen molar-refractivity contribution in [2.24, 2.45) is 11.1 Å². The van der Waals surface area contributed by atoms with E-state index in [0.29, 0.717) is 28.9 Å². The third-order valence-electron chi connectivity index (χ3n) is 7.75. The number of anilines is 2. The van der Waals surface area contributed by atoms with Gasteiger partial charge in [0.1, 0.15) is 16.8 Å². The molecule has 5 rings (SSSR count). The third kappa shape index (κ3) is 3.36. The summed E-state index contributed by atoms with van der Waals surface area (Å²) in [5.74, 6) is -1.11. The van der Waals surface area contributed by atoms with Crippen LogP contribution in [0.15, 0.2) is 65.1 Å². The van der Waals surface area contributed by atoms with Crippen molar-refractivity contribution in [3.63, 3.8) is 0 Å². The molecule has 1 spiro atoms. The molecule has 1 atom stereocenters. The minimum atomic E-state index is -1.67. The first kappa shape index (κ1) is 24.8. The van der Waals surface area contributed by atoms with Crippen molar-refractivity contribution < 1.29 is 19.1 Å². The van der Waals surface area contributed by atoms with Crippen LogP contribution in [-0.4, -0.2) is 31.3 Å². The minimum Gasteiger partial charge on any atom is -0.462 e. The average molecular weight is 500 g/mol. The fourth-order valence-corrected chi connectivity index (χ4v) is 6.22. The fourth-order valence-electron chi connectivity index (χ4n) is 6.22. The van der Waals surface area contributed by atoms with Gasteiger partial charge in [-0.15, -0.1) is 0 Å². The number of rotatable bonds is 3. The zero-order chi connectivity index (χ0) is 26.9. The molecular formula is C30H33N3O4. The molecule has 0 aromatic heterocycles. The van der Waals surface area contributed by atoms with Crippen LogP contribution in [0.4, 0.5) is 11.4 Å². The molecule has 1 aliphatic carbocycles. The Morgan fingerprint density at radius 2 is 1.76 bits per heavy atom. The topological polar surface area (TPSA) is 92.9 Å². The van der Waals surface area contributed by atoms with E-state index in [4.69, 9.17) is 10.5 Å². The largest absolute Gasteiger partial charge is 0.462 e. The number of carbonyl (C=O) groups excluding carboxylic acids is 3. The smallest absolute Gasteiger partial charge is 0.339 e. The quantitative estimate of drug-likeness (QED) is 0.629. The second-order valence-electron chi connectivity index (χ2n) is 11.0. The lowest BCUT2D eigenvalue weighted by Crippen LogP contribution is -2.55. The van der Waals surface area contributed by atoms with Gasteiger partial charge in [-0.05, 0) is 55.9 Å². The van der Waals surface area contributed by atoms with Crippen molar-refractivity contribution >= 4 is 29.0 Å². The van der Waals surface area contributed by atoms with E-state index in [1.54, 1.807) is 14.0 Å². The lowest BCUT2D eigenvalue weighted by atomic mass is 9.60. The van der Waals surface area contributed by atoms with E-state index >= 15 is 0 Å². The molecule has 37 heavy (non-hydrogen) atoms. The van der Waals surface area contributed by atoms with E-state index in [9.17, 15) is 14.4 Å². The molecule has 192 valence electrons. The highest BCUT2D eigenvalue weighted by Crippen LogP contribution is 2.58. The van der Waals surface area contributed by atoms with E-state index in [1.165, 1.54) is 4.90 Å². The molecule has 3 aliphatic rings. The summed E-state index contributed by atoms with van der Waals surface area (Å²) in [6.07, 6.45) is 0.766. The standard InChI is InChI=1S/C30H33N3O4/c1-7-37-27(35)25-26(31)33(21-14-17(2)12-13-18(21)3)22-15-29(4,5)16-23(34)24(22)30(25)19-10-8-9-11-20(19)32(6)28(30)36/h8-14H,7,15-16,31H2,1-6H3. The van der Waals surface area contributed by atoms with Gasteiger partial charge in [0.15, 0.2) is 5.78 Å². The van der Waals surface area contributed by atoms with Crippen LogP contribution < -0.4 is 15.5 Å². The number of Topliss-reactive ketones (excluding diaryl/α,β-unsaturated/α-hetero) is 1. The van der Waals surface area contributed by atoms with E-state index in [2.05, 4.69) is 0 Å². The molecule has 0 radical (unpaired) electrons. The fraction of sp³-hybridized carbons (Fsp3) is 0.367. The van der Waals surface area contributed by atoms with Gasteiger partial charge in [0, 0.05) is 36.0 Å². The van der Waals surface area contributed by atoms with Gasteiger partial charge in [0.25, 0.3) is 0 Å². The number of hydrogen-bond acceptors (Lipinski definition) is 6. The van der Waals surface area contributed by atoms with Crippen LogP contribution in [0.1, 0.15) is 50.3 Å². The second kappa shape index (κ2) is 8.33. The van der Waals surface area contributed by atoms with Gasteiger partial charge in [-0.1, -0.05) is 44.2 Å². The first-order valence-electron chi connectivity index (χ1n) is 12.6. The zero-order valence-corrected chi connectivity index (χ0v) is 22.3. The number of para-hydroxylation sites is 1. The number of benzene rings is 2. The Morgan fingerprint density at radius 1 is 1.05 bits per heavy atom. The summed E-state index contributed by atoms with van der Waals surface area (Å²) >= 11 is 0. The summed E-state index contributed by atoms with van der Waals surface area (Å²) in [6.45, 7) is 9.85. The Balaban J connectivity index is 1.96. The van der Waals surface area contributed by atoms with Gasteiger partial charge in [0.05, 0.1) is 12.3 Å². The van der Waals surface area contributed by atoms with E-state index < -0.39 is 11.4 Å². The predicted octanol–water partition coefficient (Wildman–Crippen LogP) is 4.41. The van der Waals surface area contributed by atoms with Crippen molar-refractivity contribution in [3.8, 4) is 0 Å². The highest BCUT2D eigenvalue weighted by atomic mass is 16.5. The number of nitrogens with zero attached hydrogens (tertiary/aromatic N) is 2. The molecule has 1 amide bonds. The van der Waals surface area contributed by atoms with Gasteiger partial charge < -0.3 is 15.4 Å². The monoisotopic (exact) mass is 499 g/mol. The van der Waals surface area contributed by atoms with Crippen LogP contribution in [0.3, 0.4) is 0 Å². The lowest BCUT2D eigenvalue weighted by Gasteiger charge is -2.47. The molecule has 2 aromatic carbocycles. The number of amides is 1. The second-order valence-corrected chi connectivity index (χ2v) is 11.0. The average Bonchev–Trinajstić information content (AvgIpc) is 3.03. The Labute approximate surface area is 217 Å². The molecule has 2 aliphatic heterocycles. The summed E-state index contributed by atoms with van der Waals surface area (Å²) < 4.78 is 5.52. The number of ketones is 1. The number of allylic oxidation sites excluding steroid dienone is 1. The summed E-state index contributed by atoms with van der Waals surface area (Å²) in [4.78, 5) is 45.6. The Bertz CT molecular complexity index is 1430. The van der Waals surface area contributed by atoms with Gasteiger partial charge in [-0.25, -0.2) is 4.79 Å². The third-order valence-corrected chi connectivity index (χ3v) is 7.75. The molecular weight excluding hydrogens is 466 g/mol. The van der Waals surface area contributed by atoms with Gasteiger partial charge in [-0.3, -0.25) is 14.5 Å². The molecule has 0 saturated carbocycles. The van der Waals surface area contributed by atoms with Crippen LogP contribution in [0.2, 0.25) is 0 Å². The highest BCUT2D eigenvalue weighted by molar-refractivity contribution is 6.24. The summed E-state index contributed by atoms with van der Waals surface area (Å²) in [7, 11) is 1.67. The summed E-state index contributed by atoms with van der Waals surface area (Å²) in [5, 5.41) is 0. The summed E-state index contributed by atoms with van der Waals surface area (Å²) in [5.41, 5.74) is 9.87. The van der Waals surface area contributed by atoms with Crippen molar-refractivity contribution in [2.45, 2.75) is 52.9 Å². The van der Waals surface area contributed by atoms with Crippen LogP contribution in [0.5, 0.6) is 0 Å². The first-order chi connectivity index (χ1) is 17.5. The normalized spacial score (nSPS) is 22.5. The number of aryl methyl sites for hydroxylation is 2. The number of likely N-dealkylation sites (N-methyl/N-ethyl adjacent to an activating group) is 1. The van der Waals surface area contributed by atoms with E-state index in [1.807, 2.05) is 75.1 Å². The number of fused-ring (bicyclic) bond motifs is 3. The molecule has 7 nitrogen and oxygen atoms in total. The van der Waals surface area contributed by atoms with Crippen molar-refractivity contribution in [1.82, 2.24) is 0 Å². The number of hydrogen-bond donors (Lipinski definition) is 1. The molecule has 7 heteroatoms. The summed E-state index contributed by atoms with van der Waals surface area (Å²) in [6, 6.07) is 13.3. The van der Waals surface area contributed by atoms with Gasteiger partial charge >= 0.3 is 5.97 Å². The van der Waals surface area contributed by atoms with Crippen molar-refractivity contribution in [1.29, 1.82) is 0 Å². The Morgan fingerprint density at radius 3 is 2.46 bits per heavy atom. The number of nitrogens with two attached hydrogens (primary N) is 1. The minimum absolute atomic E-state index is 0.00358. The number of carbonyl (C=O) groups is 3. The van der Waals surface area contributed by atoms with Gasteiger partial charge in [0.2, 0.25) is 5.91 Å². The number of ether oxygens (including phenoxy) is 1. The van der Waals surface area contributed by atoms with Crippen LogP contribution in [0.25, 0.3) is 0 Å². The Hall–Kier alpha value is -3.87. The maximum Gasteiger partial charge on any atom is 0.339 e. The molecule has 0 bridgehead atoms. The first-order valence-corrected chi connectivity index (χ1v) is 12.6. The molecule has 2 heterocycles. The van der Waals surface area contributed by atoms with Crippen LogP contribution in [0, 0.1) is 19.3 Å². The number of esters is 1. The predicted molar refractivity (Wildman–Crippen MR) is 143 cm³/mol. The van der Waals surface area contributed by atoms with E-state index in [0.717, 1.165) is 16.8 Å². The molecule has 0 saturated heterocycles. The zero-order valence-electron chi connectivity index (χ0n) is 22.3. The van der Waals surface area contributed by atoms with E-state index in [-0.39, 0.29) is 41.5 Å². The van der Waals surface area contributed by atoms with Crippen molar-refractivity contribution in [3.05, 3.63) is 81.8 Å². The Kier molecular flexibility index (Phi) is 5.59. The lowest BCUT2D eigenvalue weighted by molar-refractivity contribution is -0.140. The maximum atomic E-state index is 14.4. The van der Waals surface area contributed by atoms with Gasteiger partial charge in [-0.2, -0.15) is 0 Å². The molecule has 0 fully saturated rings. The molecule has 2 N–H and O–H groups in total. The van der Waals surface area contributed by atoms with Crippen molar-refractivity contribution in [2.75, 3.05) is 23.5 Å². The SMILES string of the molecule is CCOC(=O)C1=C(N)N(c2cc(C)ccc2C)C2=C(C(=O)CC(C)(C)C2)C12C(=O)N(C)c1ccccc12. The maximum absolute atomic E-state index is 14.4. The highest BCUT2D eigenvalue weighted by Gasteiger charge is 2.64. The van der Waals surface area contributed by atoms with Crippen LogP contribution >= 0.6 is 0 Å². The molecule has 2 aromatic rings. The van der Waals surface area contributed by atoms with Crippen LogP contribution in [-0.2, 0) is 24.5 Å². The molecule has 1 unspecified atom stereocenters.